The van der Waals surface area contributed by atoms with Gasteiger partial charge in [-0.3, -0.25) is 4.79 Å². The lowest BCUT2D eigenvalue weighted by molar-refractivity contribution is -0.118. The van der Waals surface area contributed by atoms with Crippen molar-refractivity contribution in [2.75, 3.05) is 5.32 Å². The van der Waals surface area contributed by atoms with Gasteiger partial charge in [0, 0.05) is 5.69 Å². The summed E-state index contributed by atoms with van der Waals surface area (Å²) in [5.41, 5.74) is 7.11. The Kier molecular flexibility index (Phi) is 3.66. The average molecular weight is 262 g/mol. The van der Waals surface area contributed by atoms with Gasteiger partial charge < -0.3 is 11.1 Å². The van der Waals surface area contributed by atoms with E-state index in [0.717, 1.165) is 36.9 Å². The normalized spacial score (nSPS) is 16.1. The van der Waals surface area contributed by atoms with Gasteiger partial charge in [-0.15, -0.1) is 0 Å². The highest BCUT2D eigenvalue weighted by molar-refractivity contribution is 7.80. The Morgan fingerprint density at radius 2 is 2.11 bits per heavy atom. The fraction of sp³-hybridized carbons (Fsp3) is 0.429. The molecule has 1 aromatic rings. The van der Waals surface area contributed by atoms with Crippen LogP contribution >= 0.6 is 12.2 Å². The number of hydrogen-bond acceptors (Lipinski definition) is 2. The van der Waals surface area contributed by atoms with Gasteiger partial charge in [0.25, 0.3) is 0 Å². The fourth-order valence-electron chi connectivity index (χ4n) is 2.08. The summed E-state index contributed by atoms with van der Waals surface area (Å²) in [5, 5.41) is 2.97. The molecule has 1 aliphatic carbocycles. The summed E-state index contributed by atoms with van der Waals surface area (Å²) in [6.45, 7) is 2.12. The molecule has 1 amide bonds. The summed E-state index contributed by atoms with van der Waals surface area (Å²) < 4.78 is 0. The molecular weight excluding hydrogens is 244 g/mol. The lowest BCUT2D eigenvalue weighted by atomic mass is 10.0. The van der Waals surface area contributed by atoms with E-state index in [4.69, 9.17) is 18.0 Å². The zero-order valence-electron chi connectivity index (χ0n) is 10.5. The topological polar surface area (TPSA) is 55.1 Å². The standard InChI is InChI=1S/C14H18N2OS/c1-2-5-10-6-3-4-7-11(10)16-13(17)14(8-9-14)12(15)18/h3-4,6-7H,2,5,8-9H2,1H3,(H2,15,18)(H,16,17). The molecule has 18 heavy (non-hydrogen) atoms. The number of amides is 1. The second-order valence-electron chi connectivity index (χ2n) is 4.81. The Balaban J connectivity index is 2.15. The molecule has 1 saturated carbocycles. The van der Waals surface area contributed by atoms with Crippen molar-refractivity contribution in [3.63, 3.8) is 0 Å². The molecule has 0 aliphatic heterocycles. The van der Waals surface area contributed by atoms with Crippen LogP contribution in [-0.2, 0) is 11.2 Å². The Hall–Kier alpha value is -1.42. The molecule has 0 atom stereocenters. The van der Waals surface area contributed by atoms with E-state index in [-0.39, 0.29) is 5.91 Å². The number of nitrogens with one attached hydrogen (secondary N) is 1. The average Bonchev–Trinajstić information content (AvgIpc) is 3.13. The predicted octanol–water partition coefficient (Wildman–Crippen LogP) is 2.64. The number of anilines is 1. The highest BCUT2D eigenvalue weighted by atomic mass is 32.1. The summed E-state index contributed by atoms with van der Waals surface area (Å²) in [5.74, 6) is -0.0569. The highest BCUT2D eigenvalue weighted by Gasteiger charge is 2.52. The summed E-state index contributed by atoms with van der Waals surface area (Å²) in [4.78, 5) is 12.5. The van der Waals surface area contributed by atoms with E-state index in [1.807, 2.05) is 24.3 Å². The predicted molar refractivity (Wildman–Crippen MR) is 77.5 cm³/mol. The molecule has 0 bridgehead atoms. The maximum absolute atomic E-state index is 12.2. The molecule has 0 aromatic heterocycles. The van der Waals surface area contributed by atoms with E-state index in [1.54, 1.807) is 0 Å². The van der Waals surface area contributed by atoms with Crippen molar-refractivity contribution in [3.8, 4) is 0 Å². The molecule has 2 rings (SSSR count). The van der Waals surface area contributed by atoms with E-state index >= 15 is 0 Å². The van der Waals surface area contributed by atoms with Crippen molar-refractivity contribution in [2.24, 2.45) is 11.1 Å². The van der Waals surface area contributed by atoms with Crippen molar-refractivity contribution < 1.29 is 4.79 Å². The lowest BCUT2D eigenvalue weighted by Gasteiger charge is -2.15. The van der Waals surface area contributed by atoms with E-state index in [1.165, 1.54) is 0 Å². The number of rotatable bonds is 5. The molecule has 0 radical (unpaired) electrons. The van der Waals surface area contributed by atoms with Crippen LogP contribution in [0.5, 0.6) is 0 Å². The molecule has 1 aliphatic rings. The minimum Gasteiger partial charge on any atom is -0.392 e. The minimum absolute atomic E-state index is 0.0569. The molecule has 1 fully saturated rings. The van der Waals surface area contributed by atoms with Gasteiger partial charge in [0.05, 0.1) is 10.4 Å². The molecule has 3 N–H and O–H groups in total. The molecule has 1 aromatic carbocycles. The summed E-state index contributed by atoms with van der Waals surface area (Å²) in [6.07, 6.45) is 3.54. The minimum atomic E-state index is -0.589. The fourth-order valence-corrected chi connectivity index (χ4v) is 2.38. The zero-order chi connectivity index (χ0) is 13.2. The Labute approximate surface area is 113 Å². The molecule has 0 heterocycles. The maximum Gasteiger partial charge on any atom is 0.237 e. The Morgan fingerprint density at radius 3 is 2.67 bits per heavy atom. The largest absolute Gasteiger partial charge is 0.392 e. The summed E-state index contributed by atoms with van der Waals surface area (Å²) in [7, 11) is 0. The van der Waals surface area contributed by atoms with Crippen molar-refractivity contribution in [1.82, 2.24) is 0 Å². The van der Waals surface area contributed by atoms with Crippen molar-refractivity contribution in [3.05, 3.63) is 29.8 Å². The first kappa shape index (κ1) is 13.0. The SMILES string of the molecule is CCCc1ccccc1NC(=O)C1(C(N)=S)CC1. The van der Waals surface area contributed by atoms with Gasteiger partial charge in [0.1, 0.15) is 0 Å². The summed E-state index contributed by atoms with van der Waals surface area (Å²) in [6, 6.07) is 7.88. The second kappa shape index (κ2) is 5.06. The molecule has 3 nitrogen and oxygen atoms in total. The monoisotopic (exact) mass is 262 g/mol. The van der Waals surface area contributed by atoms with Crippen LogP contribution in [-0.4, -0.2) is 10.9 Å². The maximum atomic E-state index is 12.2. The zero-order valence-corrected chi connectivity index (χ0v) is 11.3. The number of carbonyl (C=O) groups is 1. The second-order valence-corrected chi connectivity index (χ2v) is 5.25. The van der Waals surface area contributed by atoms with E-state index < -0.39 is 5.41 Å². The first-order chi connectivity index (χ1) is 8.60. The Morgan fingerprint density at radius 1 is 1.44 bits per heavy atom. The number of aryl methyl sites for hydroxylation is 1. The third-order valence-corrected chi connectivity index (χ3v) is 3.83. The van der Waals surface area contributed by atoms with Crippen LogP contribution in [0.1, 0.15) is 31.7 Å². The van der Waals surface area contributed by atoms with E-state index in [2.05, 4.69) is 12.2 Å². The summed E-state index contributed by atoms with van der Waals surface area (Å²) >= 11 is 4.99. The molecule has 0 spiro atoms. The van der Waals surface area contributed by atoms with E-state index in [9.17, 15) is 4.79 Å². The van der Waals surface area contributed by atoms with Gasteiger partial charge in [0.2, 0.25) is 5.91 Å². The molecule has 0 saturated heterocycles. The number of hydrogen-bond donors (Lipinski definition) is 2. The lowest BCUT2D eigenvalue weighted by Crippen LogP contribution is -2.35. The van der Waals surface area contributed by atoms with Crippen LogP contribution in [0.2, 0.25) is 0 Å². The van der Waals surface area contributed by atoms with Crippen LogP contribution in [0.4, 0.5) is 5.69 Å². The Bertz CT molecular complexity index is 480. The van der Waals surface area contributed by atoms with Crippen molar-refractivity contribution in [1.29, 1.82) is 0 Å². The van der Waals surface area contributed by atoms with Gasteiger partial charge in [-0.2, -0.15) is 0 Å². The van der Waals surface area contributed by atoms with Crippen LogP contribution in [0, 0.1) is 5.41 Å². The van der Waals surface area contributed by atoms with Crippen LogP contribution in [0.25, 0.3) is 0 Å². The van der Waals surface area contributed by atoms with Gasteiger partial charge in [-0.05, 0) is 30.9 Å². The number of thiocarbonyl (C=S) groups is 1. The first-order valence-electron chi connectivity index (χ1n) is 6.29. The third-order valence-electron chi connectivity index (χ3n) is 3.44. The quantitative estimate of drug-likeness (QED) is 0.802. The van der Waals surface area contributed by atoms with Crippen molar-refractivity contribution >= 4 is 28.8 Å². The number of carbonyl (C=O) groups excluding carboxylic acids is 1. The molecular formula is C14H18N2OS. The van der Waals surface area contributed by atoms with Crippen LogP contribution < -0.4 is 11.1 Å². The molecule has 96 valence electrons. The number of benzene rings is 1. The van der Waals surface area contributed by atoms with Crippen molar-refractivity contribution in [2.45, 2.75) is 32.6 Å². The van der Waals surface area contributed by atoms with E-state index in [0.29, 0.717) is 4.99 Å². The van der Waals surface area contributed by atoms with Crippen LogP contribution in [0.3, 0.4) is 0 Å². The first-order valence-corrected chi connectivity index (χ1v) is 6.70. The smallest absolute Gasteiger partial charge is 0.237 e. The van der Waals surface area contributed by atoms with Gasteiger partial charge >= 0.3 is 0 Å². The highest BCUT2D eigenvalue weighted by Crippen LogP contribution is 2.46. The molecule has 0 unspecified atom stereocenters. The van der Waals surface area contributed by atoms with Crippen LogP contribution in [0.15, 0.2) is 24.3 Å². The van der Waals surface area contributed by atoms with Gasteiger partial charge in [0.15, 0.2) is 0 Å². The number of para-hydroxylation sites is 1. The third kappa shape index (κ3) is 2.38. The van der Waals surface area contributed by atoms with Gasteiger partial charge in [-0.1, -0.05) is 43.8 Å². The van der Waals surface area contributed by atoms with Gasteiger partial charge in [-0.25, -0.2) is 0 Å². The molecule has 4 heteroatoms. The number of nitrogens with two attached hydrogens (primary N) is 1.